The van der Waals surface area contributed by atoms with Gasteiger partial charge in [0.1, 0.15) is 16.5 Å². The number of methoxy groups -OCH3 is 1. The first-order chi connectivity index (χ1) is 15.9. The maximum absolute atomic E-state index is 13.5. The van der Waals surface area contributed by atoms with Crippen LogP contribution in [0, 0.1) is 5.82 Å². The summed E-state index contributed by atoms with van der Waals surface area (Å²) < 4.78 is 45.0. The van der Waals surface area contributed by atoms with Gasteiger partial charge < -0.3 is 9.64 Å². The molecule has 2 heterocycles. The Morgan fingerprint density at radius 3 is 2.36 bits per heavy atom. The molecule has 3 aromatic rings. The Balaban J connectivity index is 1.66. The van der Waals surface area contributed by atoms with Crippen LogP contribution in [0.25, 0.3) is 11.1 Å². The molecule has 174 valence electrons. The number of rotatable bonds is 7. The number of hydrogen-bond donors (Lipinski definition) is 0. The van der Waals surface area contributed by atoms with Crippen molar-refractivity contribution in [2.24, 2.45) is 0 Å². The lowest BCUT2D eigenvalue weighted by Gasteiger charge is -2.36. The molecule has 1 saturated heterocycles. The smallest absolute Gasteiger partial charge is 0.181 e. The molecule has 8 heteroatoms. The standard InChI is InChI=1S/C25H28FN3O3S/c1-3-33(30,31)24-17-22(16-23(25(24)32-2)19-7-9-20(26)10-8-19)29-14-12-28(13-15-29)18-21-6-4-5-11-27-21/h4-11,16-17H,3,12-15,18H2,1-2H3. The molecule has 0 unspecified atom stereocenters. The first-order valence-corrected chi connectivity index (χ1v) is 12.6. The Bertz CT molecular complexity index is 1190. The van der Waals surface area contributed by atoms with Gasteiger partial charge in [0.25, 0.3) is 0 Å². The molecular weight excluding hydrogens is 441 g/mol. The van der Waals surface area contributed by atoms with Crippen molar-refractivity contribution in [3.05, 3.63) is 72.3 Å². The van der Waals surface area contributed by atoms with E-state index in [0.29, 0.717) is 16.9 Å². The second-order valence-corrected chi connectivity index (χ2v) is 10.3. The lowest BCUT2D eigenvalue weighted by molar-refractivity contribution is 0.247. The largest absolute Gasteiger partial charge is 0.495 e. The second kappa shape index (κ2) is 9.89. The van der Waals surface area contributed by atoms with Crippen LogP contribution in [0.1, 0.15) is 12.6 Å². The molecule has 0 aliphatic carbocycles. The minimum Gasteiger partial charge on any atom is -0.495 e. The van der Waals surface area contributed by atoms with Gasteiger partial charge >= 0.3 is 0 Å². The molecule has 0 N–H and O–H groups in total. The van der Waals surface area contributed by atoms with Crippen molar-refractivity contribution in [3.63, 3.8) is 0 Å². The van der Waals surface area contributed by atoms with Gasteiger partial charge in [-0.05, 0) is 42.0 Å². The van der Waals surface area contributed by atoms with Crippen LogP contribution in [0.5, 0.6) is 5.75 Å². The van der Waals surface area contributed by atoms with Crippen molar-refractivity contribution in [1.29, 1.82) is 0 Å². The molecule has 33 heavy (non-hydrogen) atoms. The number of pyridine rings is 1. The van der Waals surface area contributed by atoms with E-state index in [4.69, 9.17) is 4.74 Å². The van der Waals surface area contributed by atoms with E-state index in [1.54, 1.807) is 31.3 Å². The van der Waals surface area contributed by atoms with Crippen LogP contribution in [0.4, 0.5) is 10.1 Å². The van der Waals surface area contributed by atoms with Crippen molar-refractivity contribution in [3.8, 4) is 16.9 Å². The van der Waals surface area contributed by atoms with E-state index in [1.807, 2.05) is 24.3 Å². The molecular formula is C25H28FN3O3S. The topological polar surface area (TPSA) is 62.7 Å². The summed E-state index contributed by atoms with van der Waals surface area (Å²) in [6, 6.07) is 15.6. The average Bonchev–Trinajstić information content (AvgIpc) is 2.85. The van der Waals surface area contributed by atoms with Crippen molar-refractivity contribution >= 4 is 15.5 Å². The molecule has 0 saturated carbocycles. The maximum Gasteiger partial charge on any atom is 0.181 e. The highest BCUT2D eigenvalue weighted by Crippen LogP contribution is 2.40. The Morgan fingerprint density at radius 2 is 1.76 bits per heavy atom. The summed E-state index contributed by atoms with van der Waals surface area (Å²) >= 11 is 0. The third-order valence-corrected chi connectivity index (χ3v) is 7.70. The number of hydrogen-bond acceptors (Lipinski definition) is 6. The molecule has 1 fully saturated rings. The third kappa shape index (κ3) is 5.17. The number of nitrogens with zero attached hydrogens (tertiary/aromatic N) is 3. The Labute approximate surface area is 194 Å². The first kappa shape index (κ1) is 23.2. The van der Waals surface area contributed by atoms with Gasteiger partial charge in [-0.25, -0.2) is 12.8 Å². The van der Waals surface area contributed by atoms with Crippen LogP contribution in [-0.4, -0.2) is 57.3 Å². The summed E-state index contributed by atoms with van der Waals surface area (Å²) in [5.41, 5.74) is 3.19. The highest BCUT2D eigenvalue weighted by atomic mass is 32.2. The normalized spacial score (nSPS) is 14.9. The molecule has 4 rings (SSSR count). The zero-order valence-corrected chi connectivity index (χ0v) is 19.7. The molecule has 0 atom stereocenters. The predicted molar refractivity (Wildman–Crippen MR) is 128 cm³/mol. The van der Waals surface area contributed by atoms with Crippen molar-refractivity contribution in [2.45, 2.75) is 18.4 Å². The summed E-state index contributed by atoms with van der Waals surface area (Å²) in [7, 11) is -2.07. The third-order valence-electron chi connectivity index (χ3n) is 5.96. The van der Waals surface area contributed by atoms with Crippen LogP contribution >= 0.6 is 0 Å². The number of benzene rings is 2. The molecule has 1 aromatic heterocycles. The van der Waals surface area contributed by atoms with Crippen molar-refractivity contribution in [1.82, 2.24) is 9.88 Å². The van der Waals surface area contributed by atoms with E-state index in [2.05, 4.69) is 14.8 Å². The van der Waals surface area contributed by atoms with Gasteiger partial charge in [-0.3, -0.25) is 9.88 Å². The van der Waals surface area contributed by atoms with Gasteiger partial charge in [0.2, 0.25) is 0 Å². The first-order valence-electron chi connectivity index (χ1n) is 11.0. The van der Waals surface area contributed by atoms with Crippen molar-refractivity contribution in [2.75, 3.05) is 43.9 Å². The van der Waals surface area contributed by atoms with E-state index < -0.39 is 9.84 Å². The SMILES string of the molecule is CCS(=O)(=O)c1cc(N2CCN(Cc3ccccn3)CC2)cc(-c2ccc(F)cc2)c1OC. The maximum atomic E-state index is 13.5. The minimum absolute atomic E-state index is 0.0342. The van der Waals surface area contributed by atoms with E-state index in [0.717, 1.165) is 44.1 Å². The van der Waals surface area contributed by atoms with Crippen LogP contribution < -0.4 is 9.64 Å². The van der Waals surface area contributed by atoms with Crippen LogP contribution in [0.3, 0.4) is 0 Å². The van der Waals surface area contributed by atoms with Crippen LogP contribution in [0.2, 0.25) is 0 Å². The Hall–Kier alpha value is -2.97. The number of piperazine rings is 1. The summed E-state index contributed by atoms with van der Waals surface area (Å²) in [5.74, 6) is -0.0895. The predicted octanol–water partition coefficient (Wildman–Crippen LogP) is 4.01. The summed E-state index contributed by atoms with van der Waals surface area (Å²) in [6.07, 6.45) is 1.80. The van der Waals surface area contributed by atoms with E-state index in [1.165, 1.54) is 19.2 Å². The van der Waals surface area contributed by atoms with E-state index in [9.17, 15) is 12.8 Å². The van der Waals surface area contributed by atoms with Gasteiger partial charge in [-0.2, -0.15) is 0 Å². The van der Waals surface area contributed by atoms with Crippen LogP contribution in [0.15, 0.2) is 65.7 Å². The Kier molecular flexibility index (Phi) is 6.95. The monoisotopic (exact) mass is 469 g/mol. The number of ether oxygens (including phenoxy) is 1. The van der Waals surface area contributed by atoms with Crippen LogP contribution in [-0.2, 0) is 16.4 Å². The zero-order valence-electron chi connectivity index (χ0n) is 18.9. The quantitative estimate of drug-likeness (QED) is 0.521. The fourth-order valence-electron chi connectivity index (χ4n) is 4.10. The lowest BCUT2D eigenvalue weighted by Crippen LogP contribution is -2.46. The van der Waals surface area contributed by atoms with E-state index in [-0.39, 0.29) is 16.5 Å². The fourth-order valence-corrected chi connectivity index (χ4v) is 5.18. The van der Waals surface area contributed by atoms with Gasteiger partial charge in [-0.15, -0.1) is 0 Å². The number of anilines is 1. The number of sulfone groups is 1. The lowest BCUT2D eigenvalue weighted by atomic mass is 10.0. The average molecular weight is 470 g/mol. The minimum atomic E-state index is -3.54. The molecule has 6 nitrogen and oxygen atoms in total. The zero-order chi connectivity index (χ0) is 23.4. The van der Waals surface area contributed by atoms with E-state index >= 15 is 0 Å². The van der Waals surface area contributed by atoms with Gasteiger partial charge in [0.05, 0.1) is 18.6 Å². The van der Waals surface area contributed by atoms with Crippen molar-refractivity contribution < 1.29 is 17.5 Å². The second-order valence-electron chi connectivity index (χ2n) is 8.02. The summed E-state index contributed by atoms with van der Waals surface area (Å²) in [5, 5.41) is 0. The molecule has 0 bridgehead atoms. The molecule has 2 aromatic carbocycles. The molecule has 0 amide bonds. The fraction of sp³-hybridized carbons (Fsp3) is 0.320. The molecule has 0 radical (unpaired) electrons. The van der Waals surface area contributed by atoms with Gasteiger partial charge in [-0.1, -0.05) is 25.1 Å². The number of aromatic nitrogens is 1. The number of halogens is 1. The van der Waals surface area contributed by atoms with Gasteiger partial charge in [0, 0.05) is 50.2 Å². The highest BCUT2D eigenvalue weighted by molar-refractivity contribution is 7.91. The Morgan fingerprint density at radius 1 is 1.03 bits per heavy atom. The molecule has 0 spiro atoms. The molecule has 1 aliphatic rings. The summed E-state index contributed by atoms with van der Waals surface area (Å²) in [4.78, 5) is 9.10. The van der Waals surface area contributed by atoms with Gasteiger partial charge in [0.15, 0.2) is 9.84 Å². The highest BCUT2D eigenvalue weighted by Gasteiger charge is 2.26. The summed E-state index contributed by atoms with van der Waals surface area (Å²) in [6.45, 7) is 5.60. The molecule has 1 aliphatic heterocycles.